The Morgan fingerprint density at radius 1 is 1.25 bits per heavy atom. The molecule has 1 aromatic carbocycles. The van der Waals surface area contributed by atoms with Crippen molar-refractivity contribution in [2.75, 3.05) is 0 Å². The number of nitro benzene ring substituents is 2. The maximum atomic E-state index is 11.3. The standard InChI is InChI=1S/C11H13N3O6/c1-7(12)2-11(15)20-6-8-3-9(13(16)17)5-10(4-8)14(18)19/h3-5,7H,2,6,12H2,1H3. The smallest absolute Gasteiger partial charge is 0.307 e. The quantitative estimate of drug-likeness (QED) is 0.471. The van der Waals surface area contributed by atoms with Gasteiger partial charge in [0.25, 0.3) is 11.4 Å². The van der Waals surface area contributed by atoms with Gasteiger partial charge in [-0.2, -0.15) is 0 Å². The average molecular weight is 283 g/mol. The number of nitrogens with zero attached hydrogens (tertiary/aromatic N) is 2. The van der Waals surface area contributed by atoms with Gasteiger partial charge in [-0.15, -0.1) is 0 Å². The highest BCUT2D eigenvalue weighted by molar-refractivity contribution is 5.70. The van der Waals surface area contributed by atoms with Gasteiger partial charge in [-0.25, -0.2) is 0 Å². The molecule has 108 valence electrons. The summed E-state index contributed by atoms with van der Waals surface area (Å²) in [6, 6.07) is 2.70. The zero-order valence-electron chi connectivity index (χ0n) is 10.6. The summed E-state index contributed by atoms with van der Waals surface area (Å²) in [6.45, 7) is 1.34. The fraction of sp³-hybridized carbons (Fsp3) is 0.364. The Balaban J connectivity index is 2.86. The summed E-state index contributed by atoms with van der Waals surface area (Å²) in [6.07, 6.45) is -0.00296. The molecule has 1 aromatic rings. The summed E-state index contributed by atoms with van der Waals surface area (Å²) in [7, 11) is 0. The molecule has 0 bridgehead atoms. The van der Waals surface area contributed by atoms with E-state index >= 15 is 0 Å². The summed E-state index contributed by atoms with van der Waals surface area (Å²) >= 11 is 0. The molecule has 0 spiro atoms. The first-order valence-electron chi connectivity index (χ1n) is 5.63. The minimum Gasteiger partial charge on any atom is -0.461 e. The lowest BCUT2D eigenvalue weighted by Gasteiger charge is -2.06. The van der Waals surface area contributed by atoms with Crippen molar-refractivity contribution in [2.45, 2.75) is 26.0 Å². The monoisotopic (exact) mass is 283 g/mol. The predicted octanol–water partition coefficient (Wildman–Crippen LogP) is 1.28. The lowest BCUT2D eigenvalue weighted by Crippen LogP contribution is -2.21. The number of non-ortho nitro benzene ring substituents is 2. The molecule has 9 nitrogen and oxygen atoms in total. The van der Waals surface area contributed by atoms with E-state index in [-0.39, 0.29) is 24.6 Å². The van der Waals surface area contributed by atoms with Gasteiger partial charge in [-0.05, 0) is 6.92 Å². The fourth-order valence-electron chi connectivity index (χ4n) is 1.44. The minimum atomic E-state index is -0.750. The van der Waals surface area contributed by atoms with Crippen molar-refractivity contribution in [1.82, 2.24) is 0 Å². The number of rotatable bonds is 6. The van der Waals surface area contributed by atoms with Gasteiger partial charge in [-0.1, -0.05) is 0 Å². The maximum absolute atomic E-state index is 11.3. The molecular weight excluding hydrogens is 270 g/mol. The second-order valence-corrected chi connectivity index (χ2v) is 4.21. The van der Waals surface area contributed by atoms with Crippen LogP contribution in [0.1, 0.15) is 18.9 Å². The third-order valence-electron chi connectivity index (χ3n) is 2.27. The van der Waals surface area contributed by atoms with Crippen LogP contribution in [0.3, 0.4) is 0 Å². The maximum Gasteiger partial charge on any atom is 0.307 e. The number of hydrogen-bond acceptors (Lipinski definition) is 7. The SMILES string of the molecule is CC(N)CC(=O)OCc1cc([N+](=O)[O-])cc([N+](=O)[O-])c1. The Hall–Kier alpha value is -2.55. The predicted molar refractivity (Wildman–Crippen MR) is 67.8 cm³/mol. The van der Waals surface area contributed by atoms with Crippen LogP contribution in [-0.4, -0.2) is 21.9 Å². The van der Waals surface area contributed by atoms with Crippen molar-refractivity contribution in [2.24, 2.45) is 5.73 Å². The summed E-state index contributed by atoms with van der Waals surface area (Å²) in [5.74, 6) is -0.575. The highest BCUT2D eigenvalue weighted by atomic mass is 16.6. The highest BCUT2D eigenvalue weighted by Crippen LogP contribution is 2.23. The van der Waals surface area contributed by atoms with Crippen LogP contribution in [0, 0.1) is 20.2 Å². The molecule has 0 aliphatic carbocycles. The van der Waals surface area contributed by atoms with Gasteiger partial charge in [0, 0.05) is 23.7 Å². The molecule has 0 radical (unpaired) electrons. The number of carbonyl (C=O) groups excluding carboxylic acids is 1. The van der Waals surface area contributed by atoms with Crippen molar-refractivity contribution < 1.29 is 19.4 Å². The lowest BCUT2D eigenvalue weighted by molar-refractivity contribution is -0.394. The van der Waals surface area contributed by atoms with E-state index in [0.29, 0.717) is 0 Å². The summed E-state index contributed by atoms with van der Waals surface area (Å²) in [5, 5.41) is 21.3. The molecular formula is C11H13N3O6. The van der Waals surface area contributed by atoms with Gasteiger partial charge in [0.2, 0.25) is 0 Å². The Bertz CT molecular complexity index is 511. The van der Waals surface area contributed by atoms with Crippen LogP contribution in [0.15, 0.2) is 18.2 Å². The van der Waals surface area contributed by atoms with E-state index in [4.69, 9.17) is 10.5 Å². The number of nitro groups is 2. The van der Waals surface area contributed by atoms with Crippen molar-refractivity contribution in [3.8, 4) is 0 Å². The molecule has 0 aliphatic rings. The number of hydrogen-bond donors (Lipinski definition) is 1. The van der Waals surface area contributed by atoms with Gasteiger partial charge >= 0.3 is 5.97 Å². The molecule has 1 rings (SSSR count). The molecule has 0 aliphatic heterocycles. The van der Waals surface area contributed by atoms with Crippen molar-refractivity contribution in [1.29, 1.82) is 0 Å². The van der Waals surface area contributed by atoms with Crippen LogP contribution >= 0.6 is 0 Å². The van der Waals surface area contributed by atoms with E-state index in [9.17, 15) is 25.0 Å². The Morgan fingerprint density at radius 2 is 1.75 bits per heavy atom. The Morgan fingerprint density at radius 3 is 2.15 bits per heavy atom. The van der Waals surface area contributed by atoms with Gasteiger partial charge in [0.05, 0.1) is 22.3 Å². The van der Waals surface area contributed by atoms with Crippen molar-refractivity contribution in [3.63, 3.8) is 0 Å². The molecule has 0 amide bonds. The first kappa shape index (κ1) is 15.5. The second-order valence-electron chi connectivity index (χ2n) is 4.21. The van der Waals surface area contributed by atoms with Crippen LogP contribution < -0.4 is 5.73 Å². The molecule has 2 N–H and O–H groups in total. The molecule has 20 heavy (non-hydrogen) atoms. The number of nitrogens with two attached hydrogens (primary N) is 1. The molecule has 0 aromatic heterocycles. The number of carbonyl (C=O) groups is 1. The van der Waals surface area contributed by atoms with Crippen LogP contribution in [0.4, 0.5) is 11.4 Å². The van der Waals surface area contributed by atoms with Crippen LogP contribution in [0.5, 0.6) is 0 Å². The van der Waals surface area contributed by atoms with Crippen molar-refractivity contribution in [3.05, 3.63) is 44.0 Å². The van der Waals surface area contributed by atoms with Gasteiger partial charge in [0.1, 0.15) is 6.61 Å². The molecule has 9 heteroatoms. The van der Waals surface area contributed by atoms with E-state index in [1.54, 1.807) is 6.92 Å². The van der Waals surface area contributed by atoms with E-state index in [1.807, 2.05) is 0 Å². The zero-order valence-corrected chi connectivity index (χ0v) is 10.6. The molecule has 0 heterocycles. The van der Waals surface area contributed by atoms with E-state index in [1.165, 1.54) is 0 Å². The van der Waals surface area contributed by atoms with E-state index < -0.39 is 27.2 Å². The normalized spacial score (nSPS) is 11.7. The first-order chi connectivity index (χ1) is 9.29. The summed E-state index contributed by atoms with van der Waals surface area (Å²) in [5.41, 5.74) is 4.71. The number of ether oxygens (including phenoxy) is 1. The third kappa shape index (κ3) is 4.61. The second kappa shape index (κ2) is 6.57. The average Bonchev–Trinajstić information content (AvgIpc) is 2.35. The molecule has 0 saturated heterocycles. The van der Waals surface area contributed by atoms with Gasteiger partial charge in [0.15, 0.2) is 0 Å². The van der Waals surface area contributed by atoms with Crippen LogP contribution in [0.25, 0.3) is 0 Å². The highest BCUT2D eigenvalue weighted by Gasteiger charge is 2.17. The van der Waals surface area contributed by atoms with E-state index in [0.717, 1.165) is 18.2 Å². The largest absolute Gasteiger partial charge is 0.461 e. The Kier molecular flexibility index (Phi) is 5.09. The summed E-state index contributed by atoms with van der Waals surface area (Å²) in [4.78, 5) is 31.1. The van der Waals surface area contributed by atoms with Crippen molar-refractivity contribution >= 4 is 17.3 Å². The lowest BCUT2D eigenvalue weighted by atomic mass is 10.2. The Labute approximate surface area is 113 Å². The zero-order chi connectivity index (χ0) is 15.3. The molecule has 0 saturated carbocycles. The number of benzene rings is 1. The molecule has 1 atom stereocenters. The molecule has 0 fully saturated rings. The number of esters is 1. The molecule has 1 unspecified atom stereocenters. The fourth-order valence-corrected chi connectivity index (χ4v) is 1.44. The third-order valence-corrected chi connectivity index (χ3v) is 2.27. The van der Waals surface area contributed by atoms with Gasteiger partial charge < -0.3 is 10.5 Å². The van der Waals surface area contributed by atoms with E-state index in [2.05, 4.69) is 0 Å². The topological polar surface area (TPSA) is 139 Å². The van der Waals surface area contributed by atoms with Crippen LogP contribution in [0.2, 0.25) is 0 Å². The van der Waals surface area contributed by atoms with Gasteiger partial charge in [-0.3, -0.25) is 25.0 Å². The first-order valence-corrected chi connectivity index (χ1v) is 5.63. The minimum absolute atomic E-state index is 0.00296. The van der Waals surface area contributed by atoms with Crippen LogP contribution in [-0.2, 0) is 16.1 Å². The summed E-state index contributed by atoms with van der Waals surface area (Å²) < 4.78 is 4.84.